The summed E-state index contributed by atoms with van der Waals surface area (Å²) in [4.78, 5) is 23.0. The van der Waals surface area contributed by atoms with E-state index in [1.54, 1.807) is 0 Å². The lowest BCUT2D eigenvalue weighted by Crippen LogP contribution is -2.41. The number of benzene rings is 1. The van der Waals surface area contributed by atoms with E-state index in [0.717, 1.165) is 6.42 Å². The van der Waals surface area contributed by atoms with Crippen LogP contribution in [0.15, 0.2) is 23.1 Å². The zero-order valence-electron chi connectivity index (χ0n) is 13.1. The number of carbonyl (C=O) groups is 2. The topological polar surface area (TPSA) is 102 Å². The van der Waals surface area contributed by atoms with Gasteiger partial charge in [-0.25, -0.2) is 8.42 Å². The zero-order valence-corrected chi connectivity index (χ0v) is 15.5. The van der Waals surface area contributed by atoms with Crippen LogP contribution < -0.4 is 10.0 Å². The molecule has 0 aromatic heterocycles. The Kier molecular flexibility index (Phi) is 7.95. The summed E-state index contributed by atoms with van der Waals surface area (Å²) in [6.45, 7) is 3.18. The van der Waals surface area contributed by atoms with E-state index in [4.69, 9.17) is 27.9 Å². The van der Waals surface area contributed by atoms with Crippen LogP contribution in [-0.2, 0) is 24.3 Å². The summed E-state index contributed by atoms with van der Waals surface area (Å²) in [5, 5.41) is 2.81. The van der Waals surface area contributed by atoms with Gasteiger partial charge in [-0.1, -0.05) is 30.1 Å². The highest BCUT2D eigenvalue weighted by Gasteiger charge is 2.24. The second-order valence-electron chi connectivity index (χ2n) is 4.88. The van der Waals surface area contributed by atoms with Crippen LogP contribution in [0.25, 0.3) is 0 Å². The molecule has 0 heterocycles. The summed E-state index contributed by atoms with van der Waals surface area (Å²) in [6.07, 6.45) is 0.750. The Balaban J connectivity index is 2.64. The van der Waals surface area contributed by atoms with E-state index in [2.05, 4.69) is 10.0 Å². The minimum atomic E-state index is -3.99. The lowest BCUT2D eigenvalue weighted by Gasteiger charge is -2.14. The van der Waals surface area contributed by atoms with Crippen LogP contribution >= 0.6 is 23.2 Å². The van der Waals surface area contributed by atoms with Gasteiger partial charge in [-0.2, -0.15) is 4.72 Å². The number of halogens is 2. The highest BCUT2D eigenvalue weighted by molar-refractivity contribution is 7.89. The van der Waals surface area contributed by atoms with E-state index < -0.39 is 34.5 Å². The van der Waals surface area contributed by atoms with Gasteiger partial charge in [0.2, 0.25) is 10.0 Å². The molecular formula is C14H18Cl2N2O5S. The molecule has 1 aromatic carbocycles. The smallest absolute Gasteiger partial charge is 0.324 e. The van der Waals surface area contributed by atoms with E-state index in [1.807, 2.05) is 6.92 Å². The molecule has 0 saturated carbocycles. The number of rotatable bonds is 8. The van der Waals surface area contributed by atoms with Gasteiger partial charge >= 0.3 is 5.97 Å². The summed E-state index contributed by atoms with van der Waals surface area (Å²) in [5.41, 5.74) is 0. The molecule has 134 valence electrons. The van der Waals surface area contributed by atoms with Crippen molar-refractivity contribution in [1.29, 1.82) is 0 Å². The third-order valence-corrected chi connectivity index (χ3v) is 5.08. The normalized spacial score (nSPS) is 12.5. The molecule has 0 fully saturated rings. The van der Waals surface area contributed by atoms with E-state index >= 15 is 0 Å². The van der Waals surface area contributed by atoms with E-state index in [9.17, 15) is 18.0 Å². The Bertz CT molecular complexity index is 709. The minimum Gasteiger partial charge on any atom is -0.454 e. The molecule has 0 unspecified atom stereocenters. The highest BCUT2D eigenvalue weighted by Crippen LogP contribution is 2.24. The van der Waals surface area contributed by atoms with Gasteiger partial charge in [-0.05, 0) is 31.5 Å². The fourth-order valence-corrected chi connectivity index (χ4v) is 3.15. The van der Waals surface area contributed by atoms with Gasteiger partial charge in [-0.3, -0.25) is 9.59 Å². The fourth-order valence-electron chi connectivity index (χ4n) is 1.57. The molecule has 1 rings (SSSR count). The summed E-state index contributed by atoms with van der Waals surface area (Å²) < 4.78 is 31.3. The molecule has 10 heteroatoms. The Labute approximate surface area is 150 Å². The average molecular weight is 397 g/mol. The highest BCUT2D eigenvalue weighted by atomic mass is 35.5. The van der Waals surface area contributed by atoms with Crippen LogP contribution in [-0.4, -0.2) is 39.5 Å². The van der Waals surface area contributed by atoms with Gasteiger partial charge < -0.3 is 10.1 Å². The molecule has 0 aliphatic carbocycles. The van der Waals surface area contributed by atoms with Gasteiger partial charge in [0.25, 0.3) is 5.91 Å². The van der Waals surface area contributed by atoms with Crippen molar-refractivity contribution in [2.45, 2.75) is 31.2 Å². The van der Waals surface area contributed by atoms with E-state index in [1.165, 1.54) is 25.1 Å². The maximum Gasteiger partial charge on any atom is 0.324 e. The number of esters is 1. The number of amides is 1. The molecule has 1 atom stereocenters. The third-order valence-electron chi connectivity index (χ3n) is 2.80. The summed E-state index contributed by atoms with van der Waals surface area (Å²) in [7, 11) is -3.99. The molecule has 24 heavy (non-hydrogen) atoms. The molecule has 0 bridgehead atoms. The van der Waals surface area contributed by atoms with E-state index in [0.29, 0.717) is 6.54 Å². The Morgan fingerprint density at radius 2 is 1.92 bits per heavy atom. The first-order chi connectivity index (χ1) is 11.2. The Hall–Kier alpha value is -1.35. The fraction of sp³-hybridized carbons (Fsp3) is 0.429. The van der Waals surface area contributed by atoms with Gasteiger partial charge in [0, 0.05) is 6.54 Å². The van der Waals surface area contributed by atoms with Crippen molar-refractivity contribution < 1.29 is 22.7 Å². The predicted molar refractivity (Wildman–Crippen MR) is 90.5 cm³/mol. The third kappa shape index (κ3) is 6.27. The standard InChI is InChI=1S/C14H18Cl2N2O5S/c1-3-6-17-13(19)8-23-14(20)9(2)18-24(21,22)10-4-5-11(15)12(16)7-10/h4-5,7,9,18H,3,6,8H2,1-2H3,(H,17,19)/t9-/m0/s1. The Morgan fingerprint density at radius 3 is 2.50 bits per heavy atom. The molecule has 0 spiro atoms. The van der Waals surface area contributed by atoms with Crippen LogP contribution in [0.5, 0.6) is 0 Å². The molecule has 0 aliphatic rings. The number of hydrogen-bond acceptors (Lipinski definition) is 5. The molecule has 1 amide bonds. The van der Waals surface area contributed by atoms with Crippen LogP contribution in [0.2, 0.25) is 10.0 Å². The van der Waals surface area contributed by atoms with Crippen molar-refractivity contribution in [1.82, 2.24) is 10.0 Å². The van der Waals surface area contributed by atoms with Crippen molar-refractivity contribution in [2.75, 3.05) is 13.2 Å². The lowest BCUT2D eigenvalue weighted by atomic mass is 10.4. The van der Waals surface area contributed by atoms with Gasteiger partial charge in [-0.15, -0.1) is 0 Å². The largest absolute Gasteiger partial charge is 0.454 e. The second kappa shape index (κ2) is 9.22. The lowest BCUT2D eigenvalue weighted by molar-refractivity contribution is -0.149. The zero-order chi connectivity index (χ0) is 18.3. The molecule has 7 nitrogen and oxygen atoms in total. The number of ether oxygens (including phenoxy) is 1. The van der Waals surface area contributed by atoms with Crippen molar-refractivity contribution >= 4 is 45.1 Å². The molecule has 0 radical (unpaired) electrons. The summed E-state index contributed by atoms with van der Waals surface area (Å²) >= 11 is 11.5. The van der Waals surface area contributed by atoms with Crippen LogP contribution in [0.1, 0.15) is 20.3 Å². The van der Waals surface area contributed by atoms with Crippen LogP contribution in [0.3, 0.4) is 0 Å². The van der Waals surface area contributed by atoms with Crippen molar-refractivity contribution in [3.8, 4) is 0 Å². The van der Waals surface area contributed by atoms with Gasteiger partial charge in [0.1, 0.15) is 6.04 Å². The molecule has 0 saturated heterocycles. The molecule has 1 aromatic rings. The van der Waals surface area contributed by atoms with E-state index in [-0.39, 0.29) is 14.9 Å². The van der Waals surface area contributed by atoms with Crippen LogP contribution in [0, 0.1) is 0 Å². The monoisotopic (exact) mass is 396 g/mol. The number of nitrogens with one attached hydrogen (secondary N) is 2. The molecule has 0 aliphatic heterocycles. The number of carbonyl (C=O) groups excluding carboxylic acids is 2. The van der Waals surface area contributed by atoms with Crippen molar-refractivity contribution in [2.24, 2.45) is 0 Å². The second-order valence-corrected chi connectivity index (χ2v) is 7.40. The summed E-state index contributed by atoms with van der Waals surface area (Å²) in [5.74, 6) is -1.32. The number of sulfonamides is 1. The van der Waals surface area contributed by atoms with Gasteiger partial charge in [0.15, 0.2) is 6.61 Å². The maximum atomic E-state index is 12.2. The van der Waals surface area contributed by atoms with Gasteiger partial charge in [0.05, 0.1) is 14.9 Å². The maximum absolute atomic E-state index is 12.2. The SMILES string of the molecule is CCCNC(=O)COC(=O)[C@H](C)NS(=O)(=O)c1ccc(Cl)c(Cl)c1. The first-order valence-corrected chi connectivity index (χ1v) is 9.32. The number of hydrogen-bond donors (Lipinski definition) is 2. The van der Waals surface area contributed by atoms with Crippen LogP contribution in [0.4, 0.5) is 0 Å². The predicted octanol–water partition coefficient (Wildman–Crippen LogP) is 1.73. The first-order valence-electron chi connectivity index (χ1n) is 7.08. The van der Waals surface area contributed by atoms with Crippen molar-refractivity contribution in [3.05, 3.63) is 28.2 Å². The Morgan fingerprint density at radius 1 is 1.25 bits per heavy atom. The first kappa shape index (κ1) is 20.7. The molecular weight excluding hydrogens is 379 g/mol. The quantitative estimate of drug-likeness (QED) is 0.651. The summed E-state index contributed by atoms with van der Waals surface area (Å²) in [6, 6.07) is 2.58. The molecule has 2 N–H and O–H groups in total. The minimum absolute atomic E-state index is 0.0716. The average Bonchev–Trinajstić information content (AvgIpc) is 2.52. The van der Waals surface area contributed by atoms with Crippen molar-refractivity contribution in [3.63, 3.8) is 0 Å².